The highest BCUT2D eigenvalue weighted by Gasteiger charge is 2.22. The van der Waals surface area contributed by atoms with Gasteiger partial charge in [0, 0.05) is 37.7 Å². The maximum atomic E-state index is 12.9. The summed E-state index contributed by atoms with van der Waals surface area (Å²) in [7, 11) is 0. The van der Waals surface area contributed by atoms with Gasteiger partial charge in [-0.05, 0) is 35.6 Å². The van der Waals surface area contributed by atoms with Crippen molar-refractivity contribution in [3.05, 3.63) is 63.4 Å². The number of benzene rings is 1. The quantitative estimate of drug-likeness (QED) is 0.607. The molecule has 1 saturated heterocycles. The summed E-state index contributed by atoms with van der Waals surface area (Å²) in [6, 6.07) is 12.0. The number of amides is 1. The molecular formula is C20H20ClN3OS2. The first-order valence-corrected chi connectivity index (χ1v) is 11.0. The van der Waals surface area contributed by atoms with E-state index in [0.29, 0.717) is 0 Å². The summed E-state index contributed by atoms with van der Waals surface area (Å²) in [5.74, 6) is 0.101. The third-order valence-electron chi connectivity index (χ3n) is 4.64. The fourth-order valence-electron chi connectivity index (χ4n) is 3.22. The molecule has 0 N–H and O–H groups in total. The Hall–Kier alpha value is -1.73. The molecule has 7 heteroatoms. The second-order valence-electron chi connectivity index (χ2n) is 6.56. The predicted molar refractivity (Wildman–Crippen MR) is 113 cm³/mol. The van der Waals surface area contributed by atoms with E-state index in [1.165, 1.54) is 16.9 Å². The molecule has 2 aromatic heterocycles. The van der Waals surface area contributed by atoms with E-state index in [4.69, 9.17) is 11.6 Å². The first-order valence-electron chi connectivity index (χ1n) is 8.95. The smallest absolute Gasteiger partial charge is 0.265 e. The van der Waals surface area contributed by atoms with Crippen LogP contribution in [0.25, 0.3) is 9.88 Å². The highest BCUT2D eigenvalue weighted by molar-refractivity contribution is 7.21. The molecule has 0 bridgehead atoms. The standard InChI is InChI=1S/C20H20ClN3OS2/c21-16-6-4-15(5-7-16)14-23-8-2-9-24(11-10-23)20(25)18-13-22-19(27-18)17-3-1-12-26-17/h1,3-7,12-13H,2,8-11,14H2. The fourth-order valence-corrected chi connectivity index (χ4v) is 5.04. The van der Waals surface area contributed by atoms with Gasteiger partial charge >= 0.3 is 0 Å². The van der Waals surface area contributed by atoms with Crippen LogP contribution in [0.2, 0.25) is 5.02 Å². The van der Waals surface area contributed by atoms with E-state index in [1.807, 2.05) is 34.5 Å². The van der Waals surface area contributed by atoms with E-state index < -0.39 is 0 Å². The maximum absolute atomic E-state index is 12.9. The van der Waals surface area contributed by atoms with Crippen LogP contribution in [-0.4, -0.2) is 46.9 Å². The molecule has 0 unspecified atom stereocenters. The second-order valence-corrected chi connectivity index (χ2v) is 8.97. The molecule has 1 aromatic carbocycles. The molecule has 3 heterocycles. The van der Waals surface area contributed by atoms with Gasteiger partial charge in [-0.3, -0.25) is 9.69 Å². The molecule has 0 atom stereocenters. The summed E-state index contributed by atoms with van der Waals surface area (Å²) in [6.07, 6.45) is 2.70. The van der Waals surface area contributed by atoms with Crippen LogP contribution in [0.15, 0.2) is 48.0 Å². The molecule has 1 aliphatic rings. The number of carbonyl (C=O) groups excluding carboxylic acids is 1. The lowest BCUT2D eigenvalue weighted by molar-refractivity contribution is 0.0765. The zero-order valence-corrected chi connectivity index (χ0v) is 17.2. The zero-order chi connectivity index (χ0) is 18.6. The summed E-state index contributed by atoms with van der Waals surface area (Å²) < 4.78 is 0. The second kappa shape index (κ2) is 8.52. The lowest BCUT2D eigenvalue weighted by atomic mass is 10.2. The Morgan fingerprint density at radius 3 is 2.74 bits per heavy atom. The van der Waals surface area contributed by atoms with Gasteiger partial charge in [-0.2, -0.15) is 0 Å². The number of thiazole rings is 1. The molecular weight excluding hydrogens is 398 g/mol. The van der Waals surface area contributed by atoms with Crippen LogP contribution in [0, 0.1) is 0 Å². The average Bonchev–Trinajstić information content (AvgIpc) is 3.32. The minimum Gasteiger partial charge on any atom is -0.337 e. The molecule has 4 nitrogen and oxygen atoms in total. The molecule has 3 aromatic rings. The molecule has 1 fully saturated rings. The maximum Gasteiger partial charge on any atom is 0.265 e. The number of thiophene rings is 1. The van der Waals surface area contributed by atoms with Crippen LogP contribution in [0.4, 0.5) is 0 Å². The third-order valence-corrected chi connectivity index (χ3v) is 6.92. The Labute approximate surface area is 172 Å². The molecule has 0 aliphatic carbocycles. The van der Waals surface area contributed by atoms with Gasteiger partial charge in [-0.25, -0.2) is 4.98 Å². The van der Waals surface area contributed by atoms with Crippen molar-refractivity contribution in [3.63, 3.8) is 0 Å². The molecule has 0 saturated carbocycles. The monoisotopic (exact) mass is 417 g/mol. The van der Waals surface area contributed by atoms with Crippen molar-refractivity contribution < 1.29 is 4.79 Å². The Morgan fingerprint density at radius 2 is 1.96 bits per heavy atom. The Balaban J connectivity index is 1.37. The Bertz CT molecular complexity index is 892. The minimum absolute atomic E-state index is 0.101. The van der Waals surface area contributed by atoms with E-state index >= 15 is 0 Å². The predicted octanol–water partition coefficient (Wildman–Crippen LogP) is 4.87. The van der Waals surface area contributed by atoms with Gasteiger partial charge in [0.1, 0.15) is 9.88 Å². The van der Waals surface area contributed by atoms with Gasteiger partial charge in [0.15, 0.2) is 0 Å². The topological polar surface area (TPSA) is 36.4 Å². The van der Waals surface area contributed by atoms with E-state index in [2.05, 4.69) is 22.0 Å². The number of carbonyl (C=O) groups is 1. The van der Waals surface area contributed by atoms with E-state index in [-0.39, 0.29) is 5.91 Å². The summed E-state index contributed by atoms with van der Waals surface area (Å²) in [6.45, 7) is 4.31. The Morgan fingerprint density at radius 1 is 1.11 bits per heavy atom. The van der Waals surface area contributed by atoms with Crippen LogP contribution in [0.1, 0.15) is 21.7 Å². The average molecular weight is 418 g/mol. The van der Waals surface area contributed by atoms with Crippen molar-refractivity contribution in [2.45, 2.75) is 13.0 Å². The van der Waals surface area contributed by atoms with Gasteiger partial charge in [0.2, 0.25) is 0 Å². The third kappa shape index (κ3) is 4.58. The summed E-state index contributed by atoms with van der Waals surface area (Å²) in [5.41, 5.74) is 1.25. The van der Waals surface area contributed by atoms with Crippen molar-refractivity contribution in [3.8, 4) is 9.88 Å². The SMILES string of the molecule is O=C(c1cnc(-c2cccs2)s1)N1CCCN(Cc2ccc(Cl)cc2)CC1. The lowest BCUT2D eigenvalue weighted by Crippen LogP contribution is -2.34. The van der Waals surface area contributed by atoms with E-state index in [1.54, 1.807) is 17.5 Å². The highest BCUT2D eigenvalue weighted by Crippen LogP contribution is 2.29. The van der Waals surface area contributed by atoms with E-state index in [0.717, 1.165) is 58.9 Å². The van der Waals surface area contributed by atoms with Crippen molar-refractivity contribution in [2.75, 3.05) is 26.2 Å². The number of hydrogen-bond donors (Lipinski definition) is 0. The Kier molecular flexibility index (Phi) is 5.88. The summed E-state index contributed by atoms with van der Waals surface area (Å²) in [4.78, 5) is 23.6. The van der Waals surface area contributed by atoms with Gasteiger partial charge in [0.05, 0.1) is 11.1 Å². The van der Waals surface area contributed by atoms with Crippen LogP contribution in [-0.2, 0) is 6.54 Å². The van der Waals surface area contributed by atoms with Crippen molar-refractivity contribution in [1.29, 1.82) is 0 Å². The van der Waals surface area contributed by atoms with Crippen molar-refractivity contribution in [1.82, 2.24) is 14.8 Å². The minimum atomic E-state index is 0.101. The fraction of sp³-hybridized carbons (Fsp3) is 0.300. The van der Waals surface area contributed by atoms with Gasteiger partial charge < -0.3 is 4.90 Å². The zero-order valence-electron chi connectivity index (χ0n) is 14.8. The first kappa shape index (κ1) is 18.6. The van der Waals surface area contributed by atoms with Gasteiger partial charge in [0.25, 0.3) is 5.91 Å². The highest BCUT2D eigenvalue weighted by atomic mass is 35.5. The van der Waals surface area contributed by atoms with Gasteiger partial charge in [-0.1, -0.05) is 29.8 Å². The molecule has 1 aliphatic heterocycles. The van der Waals surface area contributed by atoms with E-state index in [9.17, 15) is 4.79 Å². The molecule has 140 valence electrons. The number of halogens is 1. The van der Waals surface area contributed by atoms with Crippen molar-refractivity contribution in [2.24, 2.45) is 0 Å². The molecule has 0 spiro atoms. The summed E-state index contributed by atoms with van der Waals surface area (Å²) in [5, 5.41) is 3.72. The van der Waals surface area contributed by atoms with Crippen LogP contribution in [0.3, 0.4) is 0 Å². The molecule has 0 radical (unpaired) electrons. The largest absolute Gasteiger partial charge is 0.337 e. The number of aromatic nitrogens is 1. The molecule has 27 heavy (non-hydrogen) atoms. The number of nitrogens with zero attached hydrogens (tertiary/aromatic N) is 3. The molecule has 4 rings (SSSR count). The van der Waals surface area contributed by atoms with Crippen LogP contribution < -0.4 is 0 Å². The summed E-state index contributed by atoms with van der Waals surface area (Å²) >= 11 is 9.10. The van der Waals surface area contributed by atoms with Gasteiger partial charge in [-0.15, -0.1) is 22.7 Å². The first-order chi connectivity index (χ1) is 13.2. The number of rotatable bonds is 4. The lowest BCUT2D eigenvalue weighted by Gasteiger charge is -2.21. The normalized spacial score (nSPS) is 15.7. The molecule has 1 amide bonds. The van der Waals surface area contributed by atoms with Crippen molar-refractivity contribution >= 4 is 40.2 Å². The van der Waals surface area contributed by atoms with Crippen LogP contribution in [0.5, 0.6) is 0 Å². The number of hydrogen-bond acceptors (Lipinski definition) is 5. The van der Waals surface area contributed by atoms with Crippen LogP contribution >= 0.6 is 34.3 Å².